The molecule has 1 saturated heterocycles. The molecule has 0 bridgehead atoms. The Labute approximate surface area is 79.4 Å². The lowest BCUT2D eigenvalue weighted by molar-refractivity contribution is 0.404. The van der Waals surface area contributed by atoms with Gasteiger partial charge in [-0.3, -0.25) is 0 Å². The fourth-order valence-electron chi connectivity index (χ4n) is 1.39. The summed E-state index contributed by atoms with van der Waals surface area (Å²) in [6.07, 6.45) is 2.03. The molecule has 1 fully saturated rings. The van der Waals surface area contributed by atoms with E-state index in [1.807, 2.05) is 0 Å². The number of hydrogen-bond donors (Lipinski definition) is 2. The summed E-state index contributed by atoms with van der Waals surface area (Å²) in [7, 11) is -3.26. The topological polar surface area (TPSA) is 72.2 Å². The van der Waals surface area contributed by atoms with Crippen LogP contribution in [0.5, 0.6) is 0 Å². The molecule has 1 aliphatic heterocycles. The van der Waals surface area contributed by atoms with E-state index in [-0.39, 0.29) is 24.1 Å². The Bertz CT molecular complexity index is 212. The molecule has 3 N–H and O–H groups in total. The van der Waals surface area contributed by atoms with Crippen molar-refractivity contribution in [2.75, 3.05) is 18.8 Å². The lowest BCUT2D eigenvalue weighted by atomic mass is 10.0. The number of halogens is 1. The average molecular weight is 215 g/mol. The Morgan fingerprint density at radius 1 is 1.50 bits per heavy atom. The number of hydrogen-bond acceptors (Lipinski definition) is 3. The van der Waals surface area contributed by atoms with Gasteiger partial charge in [0, 0.05) is 0 Å². The second-order valence-electron chi connectivity index (χ2n) is 3.04. The molecule has 1 heterocycles. The van der Waals surface area contributed by atoms with Crippen LogP contribution in [0.3, 0.4) is 0 Å². The Morgan fingerprint density at radius 3 is 2.58 bits per heavy atom. The van der Waals surface area contributed by atoms with Crippen molar-refractivity contribution in [2.45, 2.75) is 12.8 Å². The minimum atomic E-state index is -3.26. The van der Waals surface area contributed by atoms with Crippen LogP contribution in [0.2, 0.25) is 0 Å². The predicted octanol–water partition coefficient (Wildman–Crippen LogP) is -0.304. The summed E-state index contributed by atoms with van der Waals surface area (Å²) in [6, 6.07) is 0. The van der Waals surface area contributed by atoms with E-state index in [9.17, 15) is 8.42 Å². The van der Waals surface area contributed by atoms with Crippen LogP contribution in [-0.4, -0.2) is 27.3 Å². The fourth-order valence-corrected chi connectivity index (χ4v) is 2.34. The summed E-state index contributed by atoms with van der Waals surface area (Å²) >= 11 is 0. The van der Waals surface area contributed by atoms with Gasteiger partial charge in [0.2, 0.25) is 10.0 Å². The molecule has 1 atom stereocenters. The van der Waals surface area contributed by atoms with Crippen LogP contribution >= 0.6 is 12.4 Å². The zero-order valence-electron chi connectivity index (χ0n) is 6.82. The molecule has 0 amide bonds. The minimum Gasteiger partial charge on any atom is -0.316 e. The highest BCUT2D eigenvalue weighted by Gasteiger charge is 2.17. The second-order valence-corrected chi connectivity index (χ2v) is 4.70. The van der Waals surface area contributed by atoms with Crippen molar-refractivity contribution in [1.29, 1.82) is 0 Å². The monoisotopic (exact) mass is 214 g/mol. The maximum Gasteiger partial charge on any atom is 0.209 e. The van der Waals surface area contributed by atoms with Crippen LogP contribution in [0.4, 0.5) is 0 Å². The summed E-state index contributed by atoms with van der Waals surface area (Å²) in [5.74, 6) is 0.346. The van der Waals surface area contributed by atoms with Crippen molar-refractivity contribution in [2.24, 2.45) is 11.1 Å². The van der Waals surface area contributed by atoms with Gasteiger partial charge in [0.05, 0.1) is 5.75 Å². The van der Waals surface area contributed by atoms with Gasteiger partial charge < -0.3 is 5.32 Å². The number of nitrogens with two attached hydrogens (primary N) is 1. The van der Waals surface area contributed by atoms with Crippen LogP contribution in [0.25, 0.3) is 0 Å². The van der Waals surface area contributed by atoms with E-state index in [0.717, 1.165) is 25.9 Å². The van der Waals surface area contributed by atoms with E-state index in [2.05, 4.69) is 5.32 Å². The van der Waals surface area contributed by atoms with Crippen molar-refractivity contribution in [3.63, 3.8) is 0 Å². The molecule has 0 saturated carbocycles. The van der Waals surface area contributed by atoms with E-state index in [1.54, 1.807) is 0 Å². The smallest absolute Gasteiger partial charge is 0.209 e. The van der Waals surface area contributed by atoms with E-state index < -0.39 is 10.0 Å². The Balaban J connectivity index is 0.00000121. The van der Waals surface area contributed by atoms with Crippen LogP contribution in [0.15, 0.2) is 0 Å². The quantitative estimate of drug-likeness (QED) is 0.663. The Kier molecular flexibility index (Phi) is 5.08. The molecule has 1 aliphatic rings. The molecular formula is C6H15ClN2O2S. The lowest BCUT2D eigenvalue weighted by Crippen LogP contribution is -2.35. The second kappa shape index (κ2) is 5.01. The molecule has 0 aliphatic carbocycles. The highest BCUT2D eigenvalue weighted by molar-refractivity contribution is 7.89. The van der Waals surface area contributed by atoms with Gasteiger partial charge in [-0.2, -0.15) is 0 Å². The highest BCUT2D eigenvalue weighted by Crippen LogP contribution is 2.10. The normalized spacial score (nSPS) is 24.6. The van der Waals surface area contributed by atoms with Gasteiger partial charge >= 0.3 is 0 Å². The largest absolute Gasteiger partial charge is 0.316 e. The summed E-state index contributed by atoms with van der Waals surface area (Å²) in [5.41, 5.74) is 0. The minimum absolute atomic E-state index is 0. The molecule has 0 aromatic heterocycles. The first-order chi connectivity index (χ1) is 5.08. The fraction of sp³-hybridized carbons (Fsp3) is 1.00. The van der Waals surface area contributed by atoms with Gasteiger partial charge in [-0.25, -0.2) is 13.6 Å². The Hall–Kier alpha value is 0.160. The lowest BCUT2D eigenvalue weighted by Gasteiger charge is -2.21. The molecule has 4 nitrogen and oxygen atoms in total. The van der Waals surface area contributed by atoms with Crippen molar-refractivity contribution in [3.8, 4) is 0 Å². The standard InChI is InChI=1S/C6H14N2O2S.ClH/c7-11(9,10)5-6-2-1-3-8-4-6;/h6,8H,1-5H2,(H2,7,9,10);1H. The van der Waals surface area contributed by atoms with Gasteiger partial charge in [-0.15, -0.1) is 12.4 Å². The molecule has 12 heavy (non-hydrogen) atoms. The zero-order valence-corrected chi connectivity index (χ0v) is 8.46. The molecule has 0 spiro atoms. The van der Waals surface area contributed by atoms with E-state index in [4.69, 9.17) is 5.14 Å². The van der Waals surface area contributed by atoms with E-state index in [1.165, 1.54) is 0 Å². The number of sulfonamides is 1. The van der Waals surface area contributed by atoms with Crippen LogP contribution in [-0.2, 0) is 10.0 Å². The molecule has 0 aromatic rings. The molecule has 0 radical (unpaired) electrons. The van der Waals surface area contributed by atoms with Crippen LogP contribution in [0, 0.1) is 5.92 Å². The third-order valence-electron chi connectivity index (χ3n) is 1.87. The number of rotatable bonds is 2. The van der Waals surface area contributed by atoms with Crippen LogP contribution < -0.4 is 10.5 Å². The predicted molar refractivity (Wildman–Crippen MR) is 50.8 cm³/mol. The maximum atomic E-state index is 10.6. The van der Waals surface area contributed by atoms with Gasteiger partial charge in [0.1, 0.15) is 0 Å². The van der Waals surface area contributed by atoms with Crippen molar-refractivity contribution >= 4 is 22.4 Å². The summed E-state index contributed by atoms with van der Waals surface area (Å²) in [5, 5.41) is 8.05. The van der Waals surface area contributed by atoms with Crippen molar-refractivity contribution in [3.05, 3.63) is 0 Å². The average Bonchev–Trinajstić information content (AvgIpc) is 1.85. The maximum absolute atomic E-state index is 10.6. The molecule has 1 unspecified atom stereocenters. The van der Waals surface area contributed by atoms with Gasteiger partial charge in [0.25, 0.3) is 0 Å². The van der Waals surface area contributed by atoms with Gasteiger partial charge in [-0.05, 0) is 31.8 Å². The molecule has 74 valence electrons. The summed E-state index contributed by atoms with van der Waals surface area (Å²) in [4.78, 5) is 0. The first-order valence-electron chi connectivity index (χ1n) is 3.79. The summed E-state index contributed by atoms with van der Waals surface area (Å²) in [6.45, 7) is 1.79. The first-order valence-corrected chi connectivity index (χ1v) is 5.50. The molecular weight excluding hydrogens is 200 g/mol. The third-order valence-corrected chi connectivity index (χ3v) is 2.80. The first kappa shape index (κ1) is 12.2. The SMILES string of the molecule is Cl.NS(=O)(=O)CC1CCCNC1. The van der Waals surface area contributed by atoms with Crippen molar-refractivity contribution in [1.82, 2.24) is 5.32 Å². The number of piperidine rings is 1. The van der Waals surface area contributed by atoms with Gasteiger partial charge in [0.15, 0.2) is 0 Å². The number of primary sulfonamides is 1. The van der Waals surface area contributed by atoms with E-state index >= 15 is 0 Å². The highest BCUT2D eigenvalue weighted by atomic mass is 35.5. The zero-order chi connectivity index (χ0) is 8.32. The van der Waals surface area contributed by atoms with Crippen LogP contribution in [0.1, 0.15) is 12.8 Å². The third kappa shape index (κ3) is 4.92. The van der Waals surface area contributed by atoms with Gasteiger partial charge in [-0.1, -0.05) is 0 Å². The summed E-state index contributed by atoms with van der Waals surface area (Å²) < 4.78 is 21.3. The molecule has 6 heteroatoms. The van der Waals surface area contributed by atoms with E-state index in [0.29, 0.717) is 0 Å². The molecule has 1 rings (SSSR count). The Morgan fingerprint density at radius 2 is 2.17 bits per heavy atom. The van der Waals surface area contributed by atoms with Crippen molar-refractivity contribution < 1.29 is 8.42 Å². The number of nitrogens with one attached hydrogen (secondary N) is 1. The molecule has 0 aromatic carbocycles.